The minimum atomic E-state index is -3.29. The summed E-state index contributed by atoms with van der Waals surface area (Å²) in [7, 11) is -1.39. The zero-order valence-electron chi connectivity index (χ0n) is 12.8. The van der Waals surface area contributed by atoms with Gasteiger partial charge in [-0.05, 0) is 45.1 Å². The largest absolute Gasteiger partial charge is 0.318 e. The molecule has 0 aromatic heterocycles. The van der Waals surface area contributed by atoms with Crippen LogP contribution in [0.5, 0.6) is 0 Å². The molecule has 0 spiro atoms. The Morgan fingerprint density at radius 1 is 1.25 bits per heavy atom. The van der Waals surface area contributed by atoms with E-state index >= 15 is 0 Å². The van der Waals surface area contributed by atoms with E-state index in [9.17, 15) is 8.42 Å². The molecule has 20 heavy (non-hydrogen) atoms. The molecule has 6 heteroatoms. The number of nitrogens with zero attached hydrogens (tertiary/aromatic N) is 2. The van der Waals surface area contributed by atoms with E-state index < -0.39 is 10.2 Å². The van der Waals surface area contributed by atoms with Crippen molar-refractivity contribution < 1.29 is 8.42 Å². The van der Waals surface area contributed by atoms with Crippen LogP contribution in [0.1, 0.15) is 45.4 Å². The molecular weight excluding hydrogens is 274 g/mol. The minimum Gasteiger partial charge on any atom is -0.318 e. The second kappa shape index (κ2) is 7.20. The summed E-state index contributed by atoms with van der Waals surface area (Å²) >= 11 is 0. The summed E-state index contributed by atoms with van der Waals surface area (Å²) in [4.78, 5) is 0. The molecule has 1 atom stereocenters. The standard InChI is InChI=1S/C14H29N3O2S/c1-3-9-16(12-13-7-8-13)20(18,19)17-10-5-4-6-14(17)11-15-2/h13-15H,3-12H2,1-2H3. The monoisotopic (exact) mass is 303 g/mol. The normalized spacial score (nSPS) is 25.2. The predicted octanol–water partition coefficient (Wildman–Crippen LogP) is 1.43. The van der Waals surface area contributed by atoms with E-state index in [1.54, 1.807) is 8.61 Å². The van der Waals surface area contributed by atoms with Gasteiger partial charge in [-0.15, -0.1) is 0 Å². The smallest absolute Gasteiger partial charge is 0.282 e. The fourth-order valence-corrected chi connectivity index (χ4v) is 5.03. The predicted molar refractivity (Wildman–Crippen MR) is 81.8 cm³/mol. The van der Waals surface area contributed by atoms with Gasteiger partial charge >= 0.3 is 0 Å². The molecule has 1 heterocycles. The lowest BCUT2D eigenvalue weighted by atomic mass is 10.1. The lowest BCUT2D eigenvalue weighted by Crippen LogP contribution is -2.53. The Morgan fingerprint density at radius 2 is 2.00 bits per heavy atom. The lowest BCUT2D eigenvalue weighted by Gasteiger charge is -2.38. The number of hydrogen-bond donors (Lipinski definition) is 1. The fraction of sp³-hybridized carbons (Fsp3) is 1.00. The summed E-state index contributed by atoms with van der Waals surface area (Å²) in [6, 6.07) is 0.123. The summed E-state index contributed by atoms with van der Waals surface area (Å²) in [5.41, 5.74) is 0. The molecule has 0 aromatic rings. The first-order chi connectivity index (χ1) is 9.59. The van der Waals surface area contributed by atoms with Gasteiger partial charge in [-0.3, -0.25) is 0 Å². The van der Waals surface area contributed by atoms with Crippen LogP contribution in [0.25, 0.3) is 0 Å². The summed E-state index contributed by atoms with van der Waals surface area (Å²) in [5.74, 6) is 0.601. The van der Waals surface area contributed by atoms with E-state index in [1.165, 1.54) is 12.8 Å². The minimum absolute atomic E-state index is 0.123. The van der Waals surface area contributed by atoms with Crippen LogP contribution in [-0.2, 0) is 10.2 Å². The van der Waals surface area contributed by atoms with Crippen molar-refractivity contribution in [3.8, 4) is 0 Å². The van der Waals surface area contributed by atoms with Crippen LogP contribution in [0.3, 0.4) is 0 Å². The second-order valence-corrected chi connectivity index (χ2v) is 8.01. The number of rotatable bonds is 8. The van der Waals surface area contributed by atoms with Gasteiger partial charge < -0.3 is 5.32 Å². The van der Waals surface area contributed by atoms with E-state index in [1.807, 2.05) is 7.05 Å². The third-order valence-electron chi connectivity index (χ3n) is 4.27. The van der Waals surface area contributed by atoms with Crippen LogP contribution in [0.4, 0.5) is 0 Å². The molecule has 1 unspecified atom stereocenters. The van der Waals surface area contributed by atoms with E-state index in [0.717, 1.165) is 38.8 Å². The Morgan fingerprint density at radius 3 is 2.60 bits per heavy atom. The van der Waals surface area contributed by atoms with Crippen LogP contribution >= 0.6 is 0 Å². The first-order valence-electron chi connectivity index (χ1n) is 8.01. The van der Waals surface area contributed by atoms with Gasteiger partial charge in [-0.1, -0.05) is 13.3 Å². The van der Waals surface area contributed by atoms with Crippen LogP contribution in [-0.4, -0.2) is 56.3 Å². The van der Waals surface area contributed by atoms with Crippen molar-refractivity contribution >= 4 is 10.2 Å². The number of piperidine rings is 1. The van der Waals surface area contributed by atoms with Crippen molar-refractivity contribution in [2.45, 2.75) is 51.5 Å². The lowest BCUT2D eigenvalue weighted by molar-refractivity contribution is 0.226. The van der Waals surface area contributed by atoms with Crippen LogP contribution in [0.15, 0.2) is 0 Å². The molecule has 0 bridgehead atoms. The maximum absolute atomic E-state index is 12.9. The van der Waals surface area contributed by atoms with Gasteiger partial charge in [0.05, 0.1) is 0 Å². The fourth-order valence-electron chi connectivity index (χ4n) is 3.00. The molecule has 0 radical (unpaired) electrons. The highest BCUT2D eigenvalue weighted by molar-refractivity contribution is 7.86. The van der Waals surface area contributed by atoms with Crippen molar-refractivity contribution in [3.05, 3.63) is 0 Å². The molecule has 1 saturated carbocycles. The maximum atomic E-state index is 12.9. The molecule has 118 valence electrons. The van der Waals surface area contributed by atoms with Gasteiger partial charge in [0.25, 0.3) is 10.2 Å². The average molecular weight is 303 g/mol. The second-order valence-electron chi connectivity index (χ2n) is 6.13. The molecular formula is C14H29N3O2S. The molecule has 1 saturated heterocycles. The van der Waals surface area contributed by atoms with Crippen molar-refractivity contribution in [1.82, 2.24) is 13.9 Å². The van der Waals surface area contributed by atoms with Crippen LogP contribution in [0.2, 0.25) is 0 Å². The molecule has 0 aromatic carbocycles. The molecule has 5 nitrogen and oxygen atoms in total. The van der Waals surface area contributed by atoms with Gasteiger partial charge in [0.2, 0.25) is 0 Å². The quantitative estimate of drug-likeness (QED) is 0.738. The molecule has 1 aliphatic carbocycles. The van der Waals surface area contributed by atoms with Crippen LogP contribution in [0, 0.1) is 5.92 Å². The van der Waals surface area contributed by atoms with E-state index in [-0.39, 0.29) is 6.04 Å². The molecule has 1 aliphatic heterocycles. The number of likely N-dealkylation sites (N-methyl/N-ethyl adjacent to an activating group) is 1. The van der Waals surface area contributed by atoms with Crippen molar-refractivity contribution in [1.29, 1.82) is 0 Å². The van der Waals surface area contributed by atoms with E-state index in [2.05, 4.69) is 12.2 Å². The SMILES string of the molecule is CCCN(CC1CC1)S(=O)(=O)N1CCCCC1CNC. The first-order valence-corrected chi connectivity index (χ1v) is 9.40. The number of hydrogen-bond acceptors (Lipinski definition) is 3. The number of nitrogens with one attached hydrogen (secondary N) is 1. The molecule has 2 aliphatic rings. The van der Waals surface area contributed by atoms with Gasteiger partial charge in [0.1, 0.15) is 0 Å². The maximum Gasteiger partial charge on any atom is 0.282 e. The first kappa shape index (κ1) is 16.2. The topological polar surface area (TPSA) is 52.7 Å². The van der Waals surface area contributed by atoms with E-state index in [0.29, 0.717) is 19.0 Å². The summed E-state index contributed by atoms with van der Waals surface area (Å²) < 4.78 is 29.4. The summed E-state index contributed by atoms with van der Waals surface area (Å²) in [5, 5.41) is 3.14. The molecule has 1 N–H and O–H groups in total. The summed E-state index contributed by atoms with van der Waals surface area (Å²) in [6.07, 6.45) is 6.36. The zero-order valence-corrected chi connectivity index (χ0v) is 13.7. The molecule has 0 amide bonds. The van der Waals surface area contributed by atoms with Crippen molar-refractivity contribution in [2.24, 2.45) is 5.92 Å². The zero-order chi connectivity index (χ0) is 14.6. The van der Waals surface area contributed by atoms with Crippen molar-refractivity contribution in [3.63, 3.8) is 0 Å². The Hall–Kier alpha value is -0.170. The Balaban J connectivity index is 2.10. The van der Waals surface area contributed by atoms with Crippen molar-refractivity contribution in [2.75, 3.05) is 33.2 Å². The highest BCUT2D eigenvalue weighted by Gasteiger charge is 2.38. The Labute approximate surface area is 123 Å². The van der Waals surface area contributed by atoms with Crippen LogP contribution < -0.4 is 5.32 Å². The third-order valence-corrected chi connectivity index (χ3v) is 6.32. The highest BCUT2D eigenvalue weighted by Crippen LogP contribution is 2.32. The molecule has 2 fully saturated rings. The Kier molecular flexibility index (Phi) is 5.84. The van der Waals surface area contributed by atoms with Gasteiger partial charge in [-0.25, -0.2) is 0 Å². The van der Waals surface area contributed by atoms with E-state index in [4.69, 9.17) is 0 Å². The average Bonchev–Trinajstić information content (AvgIpc) is 3.23. The Bertz CT molecular complexity index is 393. The summed E-state index contributed by atoms with van der Waals surface area (Å²) in [6.45, 7) is 4.86. The third kappa shape index (κ3) is 3.93. The highest BCUT2D eigenvalue weighted by atomic mass is 32.2. The molecule has 2 rings (SSSR count). The van der Waals surface area contributed by atoms with Gasteiger partial charge in [0, 0.05) is 32.2 Å². The van der Waals surface area contributed by atoms with Gasteiger partial charge in [0.15, 0.2) is 0 Å². The van der Waals surface area contributed by atoms with Gasteiger partial charge in [-0.2, -0.15) is 17.0 Å².